The molecule has 0 saturated carbocycles. The van der Waals surface area contributed by atoms with Crippen LogP contribution in [0.5, 0.6) is 0 Å². The molecule has 0 amide bonds. The Labute approximate surface area is 371 Å². The van der Waals surface area contributed by atoms with Crippen molar-refractivity contribution < 1.29 is 23.8 Å². The Morgan fingerprint density at radius 1 is 0.383 bits per heavy atom. The third-order valence-electron chi connectivity index (χ3n) is 10.1. The average molecular weight is 833 g/mol. The smallest absolute Gasteiger partial charge is 0.306 e. The van der Waals surface area contributed by atoms with Gasteiger partial charge in [-0.2, -0.15) is 0 Å². The van der Waals surface area contributed by atoms with Crippen LogP contribution in [0.4, 0.5) is 0 Å². The van der Waals surface area contributed by atoms with Gasteiger partial charge in [-0.1, -0.05) is 214 Å². The Morgan fingerprint density at radius 3 is 1.27 bits per heavy atom. The number of carbonyl (C=O) groups is 2. The van der Waals surface area contributed by atoms with Crippen molar-refractivity contribution in [2.75, 3.05) is 19.8 Å². The minimum absolute atomic E-state index is 0.0364. The summed E-state index contributed by atoms with van der Waals surface area (Å²) in [7, 11) is 0. The quantitative estimate of drug-likeness (QED) is 0.0348. The lowest BCUT2D eigenvalue weighted by Crippen LogP contribution is -2.30. The largest absolute Gasteiger partial charge is 0.462 e. The molecule has 0 aliphatic rings. The van der Waals surface area contributed by atoms with Crippen LogP contribution in [0.3, 0.4) is 0 Å². The summed E-state index contributed by atoms with van der Waals surface area (Å²) in [6.07, 6.45) is 67.1. The highest BCUT2D eigenvalue weighted by Crippen LogP contribution is 2.14. The summed E-state index contributed by atoms with van der Waals surface area (Å²) in [5.74, 6) is -0.504. The van der Waals surface area contributed by atoms with E-state index in [1.54, 1.807) is 0 Å². The number of carbonyl (C=O) groups excluding carboxylic acids is 2. The molecule has 5 heteroatoms. The molecule has 0 fully saturated rings. The van der Waals surface area contributed by atoms with Crippen molar-refractivity contribution >= 4 is 11.9 Å². The molecule has 0 saturated heterocycles. The molecule has 60 heavy (non-hydrogen) atoms. The van der Waals surface area contributed by atoms with Gasteiger partial charge in [0, 0.05) is 19.4 Å². The summed E-state index contributed by atoms with van der Waals surface area (Å²) >= 11 is 0. The molecule has 5 nitrogen and oxygen atoms in total. The molecule has 1 atom stereocenters. The number of hydrogen-bond acceptors (Lipinski definition) is 5. The molecule has 0 bridgehead atoms. The molecule has 1 unspecified atom stereocenters. The van der Waals surface area contributed by atoms with Gasteiger partial charge in [0.05, 0.1) is 6.61 Å². The molecule has 0 spiro atoms. The average Bonchev–Trinajstić information content (AvgIpc) is 3.25. The van der Waals surface area contributed by atoms with Gasteiger partial charge in [0.2, 0.25) is 0 Å². The fourth-order valence-corrected chi connectivity index (χ4v) is 6.51. The Balaban J connectivity index is 4.38. The molecule has 0 aromatic heterocycles. The second-order valence-corrected chi connectivity index (χ2v) is 16.0. The molecule has 0 aromatic carbocycles. The number of hydrogen-bond donors (Lipinski definition) is 0. The van der Waals surface area contributed by atoms with Crippen LogP contribution in [0.15, 0.2) is 97.2 Å². The fraction of sp³-hybridized carbons (Fsp3) is 0.673. The van der Waals surface area contributed by atoms with E-state index in [2.05, 4.69) is 112 Å². The van der Waals surface area contributed by atoms with Crippen LogP contribution < -0.4 is 0 Å². The van der Waals surface area contributed by atoms with E-state index in [0.717, 1.165) is 89.9 Å². The SMILES string of the molecule is CC/C=C\C/C=C\C/C=C\C/C=C\CCCCCCCOCC(COC(=O)CC/C=C\C/C=C\C/C=C\C/C=C\CC)OC(=O)CCCCCCCCCCCCCCC. The fourth-order valence-electron chi connectivity index (χ4n) is 6.51. The van der Waals surface area contributed by atoms with E-state index in [9.17, 15) is 9.59 Å². The van der Waals surface area contributed by atoms with Crippen molar-refractivity contribution in [2.45, 2.75) is 219 Å². The van der Waals surface area contributed by atoms with E-state index in [1.165, 1.54) is 83.5 Å². The van der Waals surface area contributed by atoms with Crippen LogP contribution >= 0.6 is 0 Å². The van der Waals surface area contributed by atoms with Crippen LogP contribution in [-0.2, 0) is 23.8 Å². The van der Waals surface area contributed by atoms with E-state index >= 15 is 0 Å². The number of ether oxygens (including phenoxy) is 3. The molecule has 0 heterocycles. The standard InChI is InChI=1S/C55H92O5/c1-4-7-10-13-16-19-22-25-26-27-28-29-32-35-38-41-44-47-50-58-51-53(60-55(57)49-46-43-40-37-34-31-24-21-18-15-12-9-6-3)52-59-54(56)48-45-42-39-36-33-30-23-20-17-14-11-8-5-2/h7-8,10-11,16-17,19-20,25-26,28-30,33,39,42,53H,4-6,9,12-15,18,21-24,27,31-32,34-38,40-41,43-52H2,1-3H3/b10-7-,11-8-,19-16-,20-17-,26-25-,29-28-,33-30-,42-39-. The number of unbranched alkanes of at least 4 members (excludes halogenated alkanes) is 17. The Morgan fingerprint density at radius 2 is 0.783 bits per heavy atom. The van der Waals surface area contributed by atoms with Gasteiger partial charge >= 0.3 is 11.9 Å². The first-order valence-corrected chi connectivity index (χ1v) is 24.8. The predicted octanol–water partition coefficient (Wildman–Crippen LogP) is 16.7. The first-order chi connectivity index (χ1) is 29.6. The molecular formula is C55H92O5. The molecular weight excluding hydrogens is 741 g/mol. The molecule has 0 aliphatic carbocycles. The summed E-state index contributed by atoms with van der Waals surface area (Å²) in [5, 5.41) is 0. The van der Waals surface area contributed by atoms with Gasteiger partial charge in [-0.25, -0.2) is 0 Å². The van der Waals surface area contributed by atoms with E-state index in [4.69, 9.17) is 14.2 Å². The second-order valence-electron chi connectivity index (χ2n) is 16.0. The highest BCUT2D eigenvalue weighted by Gasteiger charge is 2.17. The minimum atomic E-state index is -0.577. The van der Waals surface area contributed by atoms with Crippen molar-refractivity contribution in [3.8, 4) is 0 Å². The van der Waals surface area contributed by atoms with Crippen molar-refractivity contribution in [2.24, 2.45) is 0 Å². The Hall–Kier alpha value is -3.18. The van der Waals surface area contributed by atoms with E-state index in [-0.39, 0.29) is 25.2 Å². The monoisotopic (exact) mass is 833 g/mol. The summed E-state index contributed by atoms with van der Waals surface area (Å²) < 4.78 is 17.3. The van der Waals surface area contributed by atoms with E-state index < -0.39 is 6.10 Å². The maximum atomic E-state index is 12.8. The Bertz CT molecular complexity index is 1170. The molecule has 0 aromatic rings. The molecule has 0 aliphatic heterocycles. The van der Waals surface area contributed by atoms with E-state index in [1.807, 2.05) is 6.08 Å². The van der Waals surface area contributed by atoms with Crippen LogP contribution in [0.1, 0.15) is 213 Å². The van der Waals surface area contributed by atoms with Crippen LogP contribution in [0.2, 0.25) is 0 Å². The molecule has 0 N–H and O–H groups in total. The predicted molar refractivity (Wildman–Crippen MR) is 260 cm³/mol. The third kappa shape index (κ3) is 47.5. The summed E-state index contributed by atoms with van der Waals surface area (Å²) in [6.45, 7) is 7.48. The third-order valence-corrected chi connectivity index (χ3v) is 10.1. The lowest BCUT2D eigenvalue weighted by atomic mass is 10.0. The van der Waals surface area contributed by atoms with Crippen molar-refractivity contribution in [3.05, 3.63) is 97.2 Å². The van der Waals surface area contributed by atoms with E-state index in [0.29, 0.717) is 25.9 Å². The zero-order valence-electron chi connectivity index (χ0n) is 39.2. The van der Waals surface area contributed by atoms with Crippen LogP contribution in [0, 0.1) is 0 Å². The number of esters is 2. The van der Waals surface area contributed by atoms with Gasteiger partial charge in [0.15, 0.2) is 6.10 Å². The lowest BCUT2D eigenvalue weighted by molar-refractivity contribution is -0.162. The summed E-state index contributed by atoms with van der Waals surface area (Å²) in [4.78, 5) is 25.3. The zero-order valence-corrected chi connectivity index (χ0v) is 39.2. The molecule has 342 valence electrons. The zero-order chi connectivity index (χ0) is 43.5. The van der Waals surface area contributed by atoms with Crippen molar-refractivity contribution in [1.82, 2.24) is 0 Å². The maximum absolute atomic E-state index is 12.8. The topological polar surface area (TPSA) is 61.8 Å². The van der Waals surface area contributed by atoms with Gasteiger partial charge in [-0.05, 0) is 83.5 Å². The minimum Gasteiger partial charge on any atom is -0.462 e. The highest BCUT2D eigenvalue weighted by atomic mass is 16.6. The van der Waals surface area contributed by atoms with Gasteiger partial charge in [-0.15, -0.1) is 0 Å². The molecule has 0 rings (SSSR count). The highest BCUT2D eigenvalue weighted by molar-refractivity contribution is 5.70. The van der Waals surface area contributed by atoms with Gasteiger partial charge in [0.25, 0.3) is 0 Å². The second kappa shape index (κ2) is 50.2. The first-order valence-electron chi connectivity index (χ1n) is 24.8. The van der Waals surface area contributed by atoms with Crippen molar-refractivity contribution in [3.63, 3.8) is 0 Å². The first kappa shape index (κ1) is 56.8. The summed E-state index contributed by atoms with van der Waals surface area (Å²) in [6, 6.07) is 0. The summed E-state index contributed by atoms with van der Waals surface area (Å²) in [5.41, 5.74) is 0. The molecule has 0 radical (unpaired) electrons. The maximum Gasteiger partial charge on any atom is 0.306 e. The van der Waals surface area contributed by atoms with Crippen LogP contribution in [0.25, 0.3) is 0 Å². The lowest BCUT2D eigenvalue weighted by Gasteiger charge is -2.18. The normalized spacial score (nSPS) is 13.1. The number of rotatable bonds is 44. The van der Waals surface area contributed by atoms with Gasteiger partial charge < -0.3 is 14.2 Å². The Kier molecular flexibility index (Phi) is 47.5. The number of allylic oxidation sites excluding steroid dienone is 16. The van der Waals surface area contributed by atoms with Gasteiger partial charge in [0.1, 0.15) is 6.61 Å². The van der Waals surface area contributed by atoms with Crippen LogP contribution in [-0.4, -0.2) is 37.9 Å². The van der Waals surface area contributed by atoms with Gasteiger partial charge in [-0.3, -0.25) is 9.59 Å². The van der Waals surface area contributed by atoms with Crippen molar-refractivity contribution in [1.29, 1.82) is 0 Å².